The topological polar surface area (TPSA) is 33.2 Å². The molecule has 0 unspecified atom stereocenters. The maximum absolute atomic E-state index is 12.2. The minimum Gasteiger partial charge on any atom is -0.337 e. The van der Waals surface area contributed by atoms with E-state index in [4.69, 9.17) is 0 Å². The number of nitrogens with zero attached hydrogens (tertiary/aromatic N) is 2. The zero-order valence-electron chi connectivity index (χ0n) is 9.56. The van der Waals surface area contributed by atoms with Crippen molar-refractivity contribution in [3.63, 3.8) is 0 Å². The van der Waals surface area contributed by atoms with Gasteiger partial charge in [-0.25, -0.2) is 0 Å². The van der Waals surface area contributed by atoms with Crippen molar-refractivity contribution in [3.05, 3.63) is 49.3 Å². The smallest absolute Gasteiger partial charge is 0.255 e. The second-order valence-electron chi connectivity index (χ2n) is 3.78. The number of hydrogen-bond acceptors (Lipinski definition) is 3. The fraction of sp³-hybridized carbons (Fsp3) is 0.167. The van der Waals surface area contributed by atoms with Gasteiger partial charge in [-0.1, -0.05) is 0 Å². The second-order valence-corrected chi connectivity index (χ2v) is 6.61. The van der Waals surface area contributed by atoms with E-state index in [0.717, 1.165) is 13.8 Å². The predicted molar refractivity (Wildman–Crippen MR) is 79.8 cm³/mol. The molecule has 0 saturated heterocycles. The number of thiophene rings is 1. The minimum absolute atomic E-state index is 0.0340. The van der Waals surface area contributed by atoms with Gasteiger partial charge in [-0.15, -0.1) is 11.3 Å². The van der Waals surface area contributed by atoms with Crippen molar-refractivity contribution < 1.29 is 4.79 Å². The number of carbonyl (C=O) groups is 1. The molecule has 0 saturated carbocycles. The Hall–Kier alpha value is -0.720. The van der Waals surface area contributed by atoms with E-state index in [1.54, 1.807) is 41.7 Å². The van der Waals surface area contributed by atoms with Crippen molar-refractivity contribution in [2.45, 2.75) is 6.54 Å². The molecule has 2 aromatic heterocycles. The summed E-state index contributed by atoms with van der Waals surface area (Å²) >= 11 is 8.34. The molecule has 1 amide bonds. The van der Waals surface area contributed by atoms with Crippen LogP contribution in [-0.2, 0) is 6.54 Å². The van der Waals surface area contributed by atoms with E-state index in [-0.39, 0.29) is 5.91 Å². The maximum Gasteiger partial charge on any atom is 0.255 e. The molecule has 0 aliphatic carbocycles. The van der Waals surface area contributed by atoms with E-state index in [2.05, 4.69) is 36.8 Å². The average molecular weight is 390 g/mol. The molecule has 0 aliphatic rings. The third-order valence-corrected chi connectivity index (χ3v) is 4.43. The Morgan fingerprint density at radius 1 is 1.33 bits per heavy atom. The molecule has 2 rings (SSSR count). The molecule has 18 heavy (non-hydrogen) atoms. The molecule has 0 N–H and O–H groups in total. The SMILES string of the molecule is CN(Cc1cc(Br)cs1)C(=O)c1cncc(Br)c1. The number of pyridine rings is 1. The number of halogens is 2. The Bertz CT molecular complexity index is 571. The number of hydrogen-bond donors (Lipinski definition) is 0. The van der Waals surface area contributed by atoms with Crippen molar-refractivity contribution in [2.75, 3.05) is 7.05 Å². The van der Waals surface area contributed by atoms with Crippen LogP contribution >= 0.6 is 43.2 Å². The Kier molecular flexibility index (Phi) is 4.53. The van der Waals surface area contributed by atoms with Crippen LogP contribution in [0.25, 0.3) is 0 Å². The third-order valence-electron chi connectivity index (χ3n) is 2.31. The number of carbonyl (C=O) groups excluding carboxylic acids is 1. The van der Waals surface area contributed by atoms with Crippen molar-refractivity contribution in [3.8, 4) is 0 Å². The van der Waals surface area contributed by atoms with E-state index in [0.29, 0.717) is 12.1 Å². The molecule has 2 heterocycles. The highest BCUT2D eigenvalue weighted by atomic mass is 79.9. The van der Waals surface area contributed by atoms with Crippen molar-refractivity contribution in [1.29, 1.82) is 0 Å². The third kappa shape index (κ3) is 3.40. The summed E-state index contributed by atoms with van der Waals surface area (Å²) in [5.41, 5.74) is 0.586. The van der Waals surface area contributed by atoms with Gasteiger partial charge in [-0.3, -0.25) is 9.78 Å². The molecule has 2 aromatic rings. The lowest BCUT2D eigenvalue weighted by Crippen LogP contribution is -2.25. The average Bonchev–Trinajstić information content (AvgIpc) is 2.73. The van der Waals surface area contributed by atoms with Crippen LogP contribution in [0, 0.1) is 0 Å². The maximum atomic E-state index is 12.2. The molecule has 0 aromatic carbocycles. The van der Waals surface area contributed by atoms with Gasteiger partial charge in [0.25, 0.3) is 5.91 Å². The summed E-state index contributed by atoms with van der Waals surface area (Å²) in [5, 5.41) is 2.01. The van der Waals surface area contributed by atoms with Crippen molar-refractivity contribution >= 4 is 49.1 Å². The summed E-state index contributed by atoms with van der Waals surface area (Å²) in [6.07, 6.45) is 3.24. The fourth-order valence-electron chi connectivity index (χ4n) is 1.49. The van der Waals surface area contributed by atoms with Crippen LogP contribution < -0.4 is 0 Å². The van der Waals surface area contributed by atoms with Gasteiger partial charge in [0.2, 0.25) is 0 Å². The summed E-state index contributed by atoms with van der Waals surface area (Å²) < 4.78 is 1.85. The van der Waals surface area contributed by atoms with Crippen molar-refractivity contribution in [1.82, 2.24) is 9.88 Å². The largest absolute Gasteiger partial charge is 0.337 e. The molecule has 0 radical (unpaired) electrons. The van der Waals surface area contributed by atoms with Gasteiger partial charge >= 0.3 is 0 Å². The monoisotopic (exact) mass is 388 g/mol. The van der Waals surface area contributed by atoms with Crippen LogP contribution in [0.1, 0.15) is 15.2 Å². The van der Waals surface area contributed by atoms with Crippen LogP contribution in [0.15, 0.2) is 38.9 Å². The molecule has 6 heteroatoms. The van der Waals surface area contributed by atoms with Crippen molar-refractivity contribution in [2.24, 2.45) is 0 Å². The number of amides is 1. The summed E-state index contributed by atoms with van der Waals surface area (Å²) in [6, 6.07) is 3.80. The number of rotatable bonds is 3. The number of aromatic nitrogens is 1. The van der Waals surface area contributed by atoms with Gasteiger partial charge in [0.15, 0.2) is 0 Å². The Morgan fingerprint density at radius 2 is 2.11 bits per heavy atom. The normalized spacial score (nSPS) is 10.4. The molecule has 0 fully saturated rings. The minimum atomic E-state index is -0.0340. The Morgan fingerprint density at radius 3 is 2.72 bits per heavy atom. The first-order chi connectivity index (χ1) is 8.56. The first-order valence-electron chi connectivity index (χ1n) is 5.15. The van der Waals surface area contributed by atoms with Crippen LogP contribution in [0.3, 0.4) is 0 Å². The molecule has 94 valence electrons. The summed E-state index contributed by atoms with van der Waals surface area (Å²) in [4.78, 5) is 19.0. The van der Waals surface area contributed by atoms with E-state index >= 15 is 0 Å². The lowest BCUT2D eigenvalue weighted by atomic mass is 10.2. The van der Waals surface area contributed by atoms with E-state index in [1.807, 2.05) is 11.4 Å². The molecule has 0 atom stereocenters. The molecule has 0 aliphatic heterocycles. The lowest BCUT2D eigenvalue weighted by Gasteiger charge is -2.16. The summed E-state index contributed by atoms with van der Waals surface area (Å²) in [5.74, 6) is -0.0340. The van der Waals surface area contributed by atoms with Gasteiger partial charge in [0.1, 0.15) is 0 Å². The summed E-state index contributed by atoms with van der Waals surface area (Å²) in [7, 11) is 1.79. The molecule has 0 spiro atoms. The molecular formula is C12H10Br2N2OS. The Balaban J connectivity index is 2.09. The van der Waals surface area contributed by atoms with Gasteiger partial charge in [0, 0.05) is 38.6 Å². The standard InChI is InChI=1S/C12H10Br2N2OS/c1-16(6-11-3-10(14)7-18-11)12(17)8-2-9(13)5-15-4-8/h2-5,7H,6H2,1H3. The first-order valence-corrected chi connectivity index (χ1v) is 7.62. The lowest BCUT2D eigenvalue weighted by molar-refractivity contribution is 0.0786. The van der Waals surface area contributed by atoms with Crippen LogP contribution in [-0.4, -0.2) is 22.8 Å². The van der Waals surface area contributed by atoms with Gasteiger partial charge < -0.3 is 4.90 Å². The predicted octanol–water partition coefficient (Wildman–Crippen LogP) is 3.94. The quantitative estimate of drug-likeness (QED) is 0.796. The molecule has 0 bridgehead atoms. The zero-order chi connectivity index (χ0) is 13.1. The first kappa shape index (κ1) is 13.7. The zero-order valence-corrected chi connectivity index (χ0v) is 13.5. The highest BCUT2D eigenvalue weighted by Gasteiger charge is 2.13. The van der Waals surface area contributed by atoms with Crippen LogP contribution in [0.5, 0.6) is 0 Å². The van der Waals surface area contributed by atoms with Gasteiger partial charge in [0.05, 0.1) is 12.1 Å². The molecular weight excluding hydrogens is 380 g/mol. The van der Waals surface area contributed by atoms with E-state index in [1.165, 1.54) is 0 Å². The van der Waals surface area contributed by atoms with Crippen LogP contribution in [0.2, 0.25) is 0 Å². The second kappa shape index (κ2) is 5.95. The van der Waals surface area contributed by atoms with E-state index < -0.39 is 0 Å². The van der Waals surface area contributed by atoms with Gasteiger partial charge in [-0.05, 0) is 44.0 Å². The highest BCUT2D eigenvalue weighted by molar-refractivity contribution is 9.10. The fourth-order valence-corrected chi connectivity index (χ4v) is 3.36. The van der Waals surface area contributed by atoms with Gasteiger partial charge in [-0.2, -0.15) is 0 Å². The van der Waals surface area contributed by atoms with Crippen LogP contribution in [0.4, 0.5) is 0 Å². The highest BCUT2D eigenvalue weighted by Crippen LogP contribution is 2.21. The Labute approximate surface area is 126 Å². The van der Waals surface area contributed by atoms with E-state index in [9.17, 15) is 4.79 Å². The summed E-state index contributed by atoms with van der Waals surface area (Å²) in [6.45, 7) is 0.599. The molecule has 3 nitrogen and oxygen atoms in total.